The van der Waals surface area contributed by atoms with Crippen LogP contribution in [0.3, 0.4) is 0 Å². The van der Waals surface area contributed by atoms with Crippen LogP contribution in [0.4, 0.5) is 0 Å². The minimum Gasteiger partial charge on any atom is -0.266 e. The van der Waals surface area contributed by atoms with Crippen molar-refractivity contribution in [3.05, 3.63) is 65.2 Å². The molecule has 1 aliphatic carbocycles. The van der Waals surface area contributed by atoms with Gasteiger partial charge in [0.2, 0.25) is 0 Å². The van der Waals surface area contributed by atoms with Crippen LogP contribution in [0.2, 0.25) is 0 Å². The molecule has 0 fully saturated rings. The molecule has 0 saturated heterocycles. The second-order valence-electron chi connectivity index (χ2n) is 6.19. The summed E-state index contributed by atoms with van der Waals surface area (Å²) in [4.78, 5) is 0.227. The van der Waals surface area contributed by atoms with E-state index in [9.17, 15) is 8.42 Å². The van der Waals surface area contributed by atoms with Crippen LogP contribution in [0.25, 0.3) is 0 Å². The number of hydrogen-bond acceptors (Lipinski definition) is 3. The Labute approximate surface area is 138 Å². The topological polar surface area (TPSA) is 43.4 Å². The SMILES string of the molecule is Cc1ccc(S(=O)(=O)OCC2CCCCc3ccccc32)cc1. The summed E-state index contributed by atoms with van der Waals surface area (Å²) in [5.74, 6) is 0.147. The lowest BCUT2D eigenvalue weighted by Gasteiger charge is -2.17. The molecule has 0 amide bonds. The predicted molar refractivity (Wildman–Crippen MR) is 91.1 cm³/mol. The summed E-state index contributed by atoms with van der Waals surface area (Å²) in [5, 5.41) is 0. The van der Waals surface area contributed by atoms with Crippen molar-refractivity contribution in [3.8, 4) is 0 Å². The fourth-order valence-corrected chi connectivity index (χ4v) is 4.09. The smallest absolute Gasteiger partial charge is 0.266 e. The van der Waals surface area contributed by atoms with Gasteiger partial charge in [-0.2, -0.15) is 8.42 Å². The fourth-order valence-electron chi connectivity index (χ4n) is 3.14. The second-order valence-corrected chi connectivity index (χ2v) is 7.81. The maximum absolute atomic E-state index is 12.4. The molecule has 1 atom stereocenters. The van der Waals surface area contributed by atoms with E-state index in [1.807, 2.05) is 19.1 Å². The molecule has 3 nitrogen and oxygen atoms in total. The first-order chi connectivity index (χ1) is 11.1. The van der Waals surface area contributed by atoms with Crippen molar-refractivity contribution in [2.45, 2.75) is 43.4 Å². The van der Waals surface area contributed by atoms with Crippen LogP contribution >= 0.6 is 0 Å². The van der Waals surface area contributed by atoms with Gasteiger partial charge in [-0.25, -0.2) is 0 Å². The first-order valence-corrected chi connectivity index (χ1v) is 9.51. The molecule has 0 saturated carbocycles. The van der Waals surface area contributed by atoms with Gasteiger partial charge in [0, 0.05) is 5.92 Å². The van der Waals surface area contributed by atoms with Crippen LogP contribution in [0.1, 0.15) is 41.9 Å². The highest BCUT2D eigenvalue weighted by Crippen LogP contribution is 2.31. The maximum Gasteiger partial charge on any atom is 0.296 e. The second kappa shape index (κ2) is 6.85. The maximum atomic E-state index is 12.4. The van der Waals surface area contributed by atoms with Gasteiger partial charge in [-0.1, -0.05) is 48.4 Å². The summed E-state index contributed by atoms with van der Waals surface area (Å²) >= 11 is 0. The Morgan fingerprint density at radius 1 is 1.04 bits per heavy atom. The Balaban J connectivity index is 1.76. The minimum absolute atomic E-state index is 0.147. The highest BCUT2D eigenvalue weighted by molar-refractivity contribution is 7.86. The molecule has 3 rings (SSSR count). The number of fused-ring (bicyclic) bond motifs is 1. The predicted octanol–water partition coefficient (Wildman–Crippen LogP) is 4.21. The average molecular weight is 330 g/mol. The van der Waals surface area contributed by atoms with Crippen molar-refractivity contribution in [3.63, 3.8) is 0 Å². The van der Waals surface area contributed by atoms with Gasteiger partial charge in [0.05, 0.1) is 11.5 Å². The largest absolute Gasteiger partial charge is 0.296 e. The number of hydrogen-bond donors (Lipinski definition) is 0. The summed E-state index contributed by atoms with van der Waals surface area (Å²) < 4.78 is 30.1. The summed E-state index contributed by atoms with van der Waals surface area (Å²) in [6.45, 7) is 2.15. The zero-order valence-electron chi connectivity index (χ0n) is 13.4. The standard InChI is InChI=1S/C19H22O3S/c1-15-10-12-18(13-11-15)23(20,21)22-14-17-8-3-2-6-16-7-4-5-9-19(16)17/h4-5,7,9-13,17H,2-3,6,8,14H2,1H3. The molecule has 0 heterocycles. The molecule has 0 bridgehead atoms. The van der Waals surface area contributed by atoms with Gasteiger partial charge >= 0.3 is 0 Å². The Morgan fingerprint density at radius 2 is 1.78 bits per heavy atom. The van der Waals surface area contributed by atoms with Gasteiger partial charge in [0.1, 0.15) is 0 Å². The lowest BCUT2D eigenvalue weighted by molar-refractivity contribution is 0.284. The van der Waals surface area contributed by atoms with E-state index >= 15 is 0 Å². The van der Waals surface area contributed by atoms with Crippen molar-refractivity contribution in [1.29, 1.82) is 0 Å². The molecule has 4 heteroatoms. The highest BCUT2D eigenvalue weighted by atomic mass is 32.2. The quantitative estimate of drug-likeness (QED) is 0.623. The molecule has 0 N–H and O–H groups in total. The van der Waals surface area contributed by atoms with Gasteiger partial charge < -0.3 is 0 Å². The molecule has 0 aromatic heterocycles. The first kappa shape index (κ1) is 16.2. The molecule has 122 valence electrons. The van der Waals surface area contributed by atoms with E-state index in [2.05, 4.69) is 12.1 Å². The third kappa shape index (κ3) is 3.82. The van der Waals surface area contributed by atoms with Crippen LogP contribution in [0, 0.1) is 6.92 Å². The van der Waals surface area contributed by atoms with E-state index in [-0.39, 0.29) is 17.4 Å². The zero-order valence-corrected chi connectivity index (χ0v) is 14.2. The Hall–Kier alpha value is -1.65. The molecule has 2 aromatic rings. The van der Waals surface area contributed by atoms with Gasteiger partial charge in [-0.05, 0) is 49.4 Å². The van der Waals surface area contributed by atoms with Crippen molar-refractivity contribution in [1.82, 2.24) is 0 Å². The number of benzene rings is 2. The van der Waals surface area contributed by atoms with Gasteiger partial charge in [0.15, 0.2) is 0 Å². The van der Waals surface area contributed by atoms with Crippen molar-refractivity contribution in [2.24, 2.45) is 0 Å². The summed E-state index contributed by atoms with van der Waals surface area (Å²) in [6.07, 6.45) is 4.29. The van der Waals surface area contributed by atoms with E-state index in [1.165, 1.54) is 11.1 Å². The van der Waals surface area contributed by atoms with E-state index in [4.69, 9.17) is 4.18 Å². The average Bonchev–Trinajstić information content (AvgIpc) is 2.76. The van der Waals surface area contributed by atoms with Crippen molar-refractivity contribution in [2.75, 3.05) is 6.61 Å². The molecule has 23 heavy (non-hydrogen) atoms. The summed E-state index contributed by atoms with van der Waals surface area (Å²) in [6, 6.07) is 15.1. The van der Waals surface area contributed by atoms with Crippen LogP contribution < -0.4 is 0 Å². The molecule has 0 spiro atoms. The van der Waals surface area contributed by atoms with Crippen LogP contribution in [-0.2, 0) is 20.7 Å². The zero-order chi connectivity index (χ0) is 16.3. The van der Waals surface area contributed by atoms with Crippen molar-refractivity contribution < 1.29 is 12.6 Å². The molecule has 0 aliphatic heterocycles. The normalized spacial score (nSPS) is 18.2. The number of aryl methyl sites for hydroxylation is 2. The van der Waals surface area contributed by atoms with E-state index in [0.717, 1.165) is 31.2 Å². The third-order valence-electron chi connectivity index (χ3n) is 4.48. The molecule has 2 aromatic carbocycles. The first-order valence-electron chi connectivity index (χ1n) is 8.10. The summed E-state index contributed by atoms with van der Waals surface area (Å²) in [7, 11) is -3.69. The van der Waals surface area contributed by atoms with Gasteiger partial charge in [-0.15, -0.1) is 0 Å². The van der Waals surface area contributed by atoms with Crippen molar-refractivity contribution >= 4 is 10.1 Å². The lowest BCUT2D eigenvalue weighted by Crippen LogP contribution is -2.14. The molecule has 1 aliphatic rings. The minimum atomic E-state index is -3.69. The summed E-state index contributed by atoms with van der Waals surface area (Å²) in [5.41, 5.74) is 3.59. The van der Waals surface area contributed by atoms with Gasteiger partial charge in [0.25, 0.3) is 10.1 Å². The molecule has 1 unspecified atom stereocenters. The Kier molecular flexibility index (Phi) is 4.83. The van der Waals surface area contributed by atoms with E-state index < -0.39 is 10.1 Å². The molecule has 0 radical (unpaired) electrons. The van der Waals surface area contributed by atoms with Crippen LogP contribution in [0.15, 0.2) is 53.4 Å². The van der Waals surface area contributed by atoms with Crippen LogP contribution in [0.5, 0.6) is 0 Å². The molecular formula is C19H22O3S. The van der Waals surface area contributed by atoms with E-state index in [0.29, 0.717) is 0 Å². The molecular weight excluding hydrogens is 308 g/mol. The van der Waals surface area contributed by atoms with Crippen LogP contribution in [-0.4, -0.2) is 15.0 Å². The number of rotatable bonds is 4. The van der Waals surface area contributed by atoms with E-state index in [1.54, 1.807) is 24.3 Å². The lowest BCUT2D eigenvalue weighted by atomic mass is 9.93. The monoisotopic (exact) mass is 330 g/mol. The van der Waals surface area contributed by atoms with Gasteiger partial charge in [-0.3, -0.25) is 4.18 Å². The Bertz CT molecular complexity index is 763. The fraction of sp³-hybridized carbons (Fsp3) is 0.368. The Morgan fingerprint density at radius 3 is 2.57 bits per heavy atom. The highest BCUT2D eigenvalue weighted by Gasteiger charge is 2.22. The third-order valence-corrected chi connectivity index (χ3v) is 5.77.